The topological polar surface area (TPSA) is 105 Å². The zero-order chi connectivity index (χ0) is 24.6. The van der Waals surface area contributed by atoms with Gasteiger partial charge in [-0.2, -0.15) is 0 Å². The number of rotatable bonds is 8. The average molecular weight is 534 g/mol. The third-order valence-corrected chi connectivity index (χ3v) is 7.11. The number of thiocarbonyl (C=S) groups is 1. The highest BCUT2D eigenvalue weighted by Crippen LogP contribution is 2.29. The molecule has 0 saturated carbocycles. The van der Waals surface area contributed by atoms with Crippen LogP contribution in [0.3, 0.4) is 0 Å². The van der Waals surface area contributed by atoms with E-state index in [-0.39, 0.29) is 0 Å². The van der Waals surface area contributed by atoms with E-state index in [9.17, 15) is 0 Å². The third-order valence-electron chi connectivity index (χ3n) is 5.24. The summed E-state index contributed by atoms with van der Waals surface area (Å²) in [6, 6.07) is 14.0. The Morgan fingerprint density at radius 1 is 0.833 bits per heavy atom. The van der Waals surface area contributed by atoms with Gasteiger partial charge >= 0.3 is 0 Å². The first kappa shape index (κ1) is 24.3. The highest BCUT2D eigenvalue weighted by atomic mass is 32.2. The minimum absolute atomic E-state index is 0.372. The van der Waals surface area contributed by atoms with Gasteiger partial charge in [0.2, 0.25) is 5.95 Å². The maximum atomic E-state index is 5.52. The summed E-state index contributed by atoms with van der Waals surface area (Å²) in [7, 11) is 0. The highest BCUT2D eigenvalue weighted by molar-refractivity contribution is 7.99. The lowest BCUT2D eigenvalue weighted by Gasteiger charge is -2.18. The molecule has 0 spiro atoms. The van der Waals surface area contributed by atoms with Crippen LogP contribution < -0.4 is 15.5 Å². The molecule has 5 rings (SSSR count). The second-order valence-corrected chi connectivity index (χ2v) is 10.2. The van der Waals surface area contributed by atoms with Crippen LogP contribution in [0, 0.1) is 0 Å². The van der Waals surface area contributed by atoms with E-state index in [0.717, 1.165) is 18.7 Å². The predicted molar refractivity (Wildman–Crippen MR) is 145 cm³/mol. The molecule has 4 aromatic rings. The minimum atomic E-state index is 0.372. The molecular formula is C24H23N9S3. The lowest BCUT2D eigenvalue weighted by atomic mass is 10.2. The Bertz CT molecular complexity index is 1230. The maximum absolute atomic E-state index is 5.52. The summed E-state index contributed by atoms with van der Waals surface area (Å²) < 4.78 is 0. The van der Waals surface area contributed by atoms with Crippen molar-refractivity contribution < 1.29 is 0 Å². The van der Waals surface area contributed by atoms with Crippen LogP contribution in [-0.4, -0.2) is 48.1 Å². The standard InChI is InChI=1S/C24H23N9S3/c34-22(29-16-17-5-7-18(8-6-17)33-13-1-2-14-33)32-21-30-19(35-23-25-9-3-10-26-23)15-20(31-21)36-24-27-11-4-12-28-24/h3-12,15H,1-2,13-14,16H2,(H2,29,30,31,32,34). The van der Waals surface area contributed by atoms with Crippen LogP contribution in [0.25, 0.3) is 0 Å². The number of hydrogen-bond acceptors (Lipinski definition) is 10. The molecule has 0 aliphatic carbocycles. The Balaban J connectivity index is 1.25. The molecular weight excluding hydrogens is 511 g/mol. The van der Waals surface area contributed by atoms with Crippen molar-refractivity contribution in [2.45, 2.75) is 39.8 Å². The minimum Gasteiger partial charge on any atom is -0.372 e. The van der Waals surface area contributed by atoms with Gasteiger partial charge in [-0.05, 0) is 78.4 Å². The molecule has 36 heavy (non-hydrogen) atoms. The maximum Gasteiger partial charge on any atom is 0.231 e. The van der Waals surface area contributed by atoms with Crippen molar-refractivity contribution in [1.29, 1.82) is 0 Å². The summed E-state index contributed by atoms with van der Waals surface area (Å²) in [5.41, 5.74) is 2.42. The van der Waals surface area contributed by atoms with Crippen molar-refractivity contribution >= 4 is 52.5 Å². The van der Waals surface area contributed by atoms with Gasteiger partial charge in [-0.3, -0.25) is 0 Å². The monoisotopic (exact) mass is 533 g/mol. The fourth-order valence-electron chi connectivity index (χ4n) is 3.56. The Morgan fingerprint density at radius 2 is 1.39 bits per heavy atom. The smallest absolute Gasteiger partial charge is 0.231 e. The van der Waals surface area contributed by atoms with Gasteiger partial charge < -0.3 is 15.5 Å². The molecule has 1 aliphatic heterocycles. The van der Waals surface area contributed by atoms with Crippen molar-refractivity contribution in [1.82, 2.24) is 35.2 Å². The summed E-state index contributed by atoms with van der Waals surface area (Å²) in [6.07, 6.45) is 9.31. The van der Waals surface area contributed by atoms with E-state index in [1.54, 1.807) is 36.9 Å². The number of nitrogens with one attached hydrogen (secondary N) is 2. The molecule has 1 aliphatic rings. The van der Waals surface area contributed by atoms with Gasteiger partial charge in [0.05, 0.1) is 0 Å². The molecule has 0 atom stereocenters. The van der Waals surface area contributed by atoms with Crippen LogP contribution in [0.5, 0.6) is 0 Å². The van der Waals surface area contributed by atoms with Crippen molar-refractivity contribution in [3.63, 3.8) is 0 Å². The molecule has 1 aromatic carbocycles. The summed E-state index contributed by atoms with van der Waals surface area (Å²) in [5, 5.41) is 9.31. The fraction of sp³-hybridized carbons (Fsp3) is 0.208. The molecule has 1 saturated heterocycles. The molecule has 1 fully saturated rings. The molecule has 182 valence electrons. The summed E-state index contributed by atoms with van der Waals surface area (Å²) in [4.78, 5) is 28.7. The van der Waals surface area contributed by atoms with Gasteiger partial charge in [0.25, 0.3) is 0 Å². The number of aromatic nitrogens is 6. The van der Waals surface area contributed by atoms with Crippen LogP contribution in [0.2, 0.25) is 0 Å². The Labute approximate surface area is 223 Å². The van der Waals surface area contributed by atoms with E-state index in [1.807, 2.05) is 6.07 Å². The highest BCUT2D eigenvalue weighted by Gasteiger charge is 2.13. The predicted octanol–water partition coefficient (Wildman–Crippen LogP) is 4.45. The Morgan fingerprint density at radius 3 is 1.94 bits per heavy atom. The number of nitrogens with zero attached hydrogens (tertiary/aromatic N) is 7. The van der Waals surface area contributed by atoms with Crippen LogP contribution in [0.15, 0.2) is 87.6 Å². The number of benzene rings is 1. The second-order valence-electron chi connectivity index (χ2n) is 7.80. The normalized spacial score (nSPS) is 12.9. The number of hydrogen-bond donors (Lipinski definition) is 2. The largest absolute Gasteiger partial charge is 0.372 e. The molecule has 0 amide bonds. The van der Waals surface area contributed by atoms with Crippen LogP contribution in [-0.2, 0) is 6.54 Å². The quantitative estimate of drug-likeness (QED) is 0.190. The number of anilines is 2. The Hall–Kier alpha value is -3.35. The Kier molecular flexibility index (Phi) is 8.16. The zero-order valence-corrected chi connectivity index (χ0v) is 21.7. The molecule has 0 radical (unpaired) electrons. The third kappa shape index (κ3) is 6.86. The molecule has 9 nitrogen and oxygen atoms in total. The van der Waals surface area contributed by atoms with Crippen molar-refractivity contribution in [3.05, 3.63) is 72.8 Å². The van der Waals surface area contributed by atoms with Crippen molar-refractivity contribution in [3.8, 4) is 0 Å². The van der Waals surface area contributed by atoms with Gasteiger partial charge in [0.15, 0.2) is 15.4 Å². The fourth-order valence-corrected chi connectivity index (χ4v) is 5.23. The van der Waals surface area contributed by atoms with Gasteiger partial charge in [-0.15, -0.1) is 0 Å². The SMILES string of the molecule is S=C(NCc1ccc(N2CCCC2)cc1)Nc1nc(Sc2ncccn2)cc(Sc2ncccn2)n1. The van der Waals surface area contributed by atoms with E-state index < -0.39 is 0 Å². The molecule has 4 heterocycles. The lowest BCUT2D eigenvalue weighted by Crippen LogP contribution is -2.28. The lowest BCUT2D eigenvalue weighted by molar-refractivity contribution is 0.907. The van der Waals surface area contributed by atoms with E-state index in [0.29, 0.717) is 38.0 Å². The molecule has 3 aromatic heterocycles. The zero-order valence-electron chi connectivity index (χ0n) is 19.2. The van der Waals surface area contributed by atoms with E-state index in [2.05, 4.69) is 69.7 Å². The van der Waals surface area contributed by atoms with E-state index in [4.69, 9.17) is 12.2 Å². The second kappa shape index (κ2) is 12.1. The van der Waals surface area contributed by atoms with Crippen LogP contribution in [0.1, 0.15) is 18.4 Å². The van der Waals surface area contributed by atoms with Gasteiger partial charge in [-0.1, -0.05) is 12.1 Å². The van der Waals surface area contributed by atoms with Crippen LogP contribution >= 0.6 is 35.7 Å². The van der Waals surface area contributed by atoms with Crippen molar-refractivity contribution in [2.75, 3.05) is 23.3 Å². The van der Waals surface area contributed by atoms with Gasteiger partial charge in [-0.25, -0.2) is 29.9 Å². The summed E-state index contributed by atoms with van der Waals surface area (Å²) in [6.45, 7) is 2.86. The van der Waals surface area contributed by atoms with E-state index in [1.165, 1.54) is 42.1 Å². The first-order valence-corrected chi connectivity index (χ1v) is 13.4. The summed E-state index contributed by atoms with van der Waals surface area (Å²) >= 11 is 8.20. The average Bonchev–Trinajstić information content (AvgIpc) is 3.44. The molecule has 12 heteroatoms. The van der Waals surface area contributed by atoms with Crippen LogP contribution in [0.4, 0.5) is 11.6 Å². The molecule has 2 N–H and O–H groups in total. The van der Waals surface area contributed by atoms with E-state index >= 15 is 0 Å². The summed E-state index contributed by atoms with van der Waals surface area (Å²) in [5.74, 6) is 0.372. The first-order valence-electron chi connectivity index (χ1n) is 11.4. The van der Waals surface area contributed by atoms with Crippen molar-refractivity contribution in [2.24, 2.45) is 0 Å². The van der Waals surface area contributed by atoms with Gasteiger partial charge in [0, 0.05) is 56.2 Å². The first-order chi connectivity index (χ1) is 17.7. The molecule has 0 unspecified atom stereocenters. The van der Waals surface area contributed by atoms with Gasteiger partial charge in [0.1, 0.15) is 10.1 Å². The molecule has 0 bridgehead atoms.